The average Bonchev–Trinajstić information content (AvgIpc) is 2.89. The maximum atomic E-state index is 12.4. The van der Waals surface area contributed by atoms with E-state index in [1.165, 1.54) is 4.57 Å². The third-order valence-electron chi connectivity index (χ3n) is 4.20. The minimum atomic E-state index is -0.491. The number of aromatic nitrogens is 1. The quantitative estimate of drug-likeness (QED) is 0.745. The van der Waals surface area contributed by atoms with Crippen LogP contribution in [0.5, 0.6) is 0 Å². The Balaban J connectivity index is 1.76. The van der Waals surface area contributed by atoms with Gasteiger partial charge in [-0.2, -0.15) is 0 Å². The second kappa shape index (κ2) is 7.15. The van der Waals surface area contributed by atoms with Crippen LogP contribution in [0, 0.1) is 6.92 Å². The Morgan fingerprint density at radius 3 is 2.84 bits per heavy atom. The van der Waals surface area contributed by atoms with E-state index in [0.717, 1.165) is 23.2 Å². The first-order valence-electron chi connectivity index (χ1n) is 8.17. The monoisotopic (exact) mass is 358 g/mol. The van der Waals surface area contributed by atoms with Gasteiger partial charge in [0.1, 0.15) is 0 Å². The van der Waals surface area contributed by atoms with Crippen molar-refractivity contribution in [1.29, 1.82) is 0 Å². The number of rotatable bonds is 5. The summed E-state index contributed by atoms with van der Waals surface area (Å²) in [7, 11) is 0. The van der Waals surface area contributed by atoms with Crippen molar-refractivity contribution in [2.75, 3.05) is 5.32 Å². The average molecular weight is 359 g/mol. The summed E-state index contributed by atoms with van der Waals surface area (Å²) in [5, 5.41) is 3.46. The van der Waals surface area contributed by atoms with Crippen LogP contribution >= 0.6 is 11.6 Å². The first-order chi connectivity index (χ1) is 12.0. The maximum Gasteiger partial charge on any atom is 0.419 e. The van der Waals surface area contributed by atoms with Gasteiger partial charge in [-0.15, -0.1) is 0 Å². The van der Waals surface area contributed by atoms with Gasteiger partial charge in [0.2, 0.25) is 5.91 Å². The molecule has 3 rings (SSSR count). The molecule has 0 saturated carbocycles. The van der Waals surface area contributed by atoms with Gasteiger partial charge in [-0.05, 0) is 36.6 Å². The van der Waals surface area contributed by atoms with Gasteiger partial charge in [-0.25, -0.2) is 4.79 Å². The molecule has 0 aliphatic rings. The maximum absolute atomic E-state index is 12.4. The summed E-state index contributed by atoms with van der Waals surface area (Å²) < 4.78 is 6.63. The van der Waals surface area contributed by atoms with Crippen LogP contribution in [0.3, 0.4) is 0 Å². The van der Waals surface area contributed by atoms with Crippen LogP contribution in [0.2, 0.25) is 5.02 Å². The zero-order valence-corrected chi connectivity index (χ0v) is 14.9. The molecule has 0 fully saturated rings. The summed E-state index contributed by atoms with van der Waals surface area (Å²) in [6.07, 6.45) is 1.01. The fourth-order valence-corrected chi connectivity index (χ4v) is 3.03. The highest BCUT2D eigenvalue weighted by Gasteiger charge is 2.13. The highest BCUT2D eigenvalue weighted by atomic mass is 35.5. The molecule has 0 atom stereocenters. The molecular formula is C19H19ClN2O3. The lowest BCUT2D eigenvalue weighted by molar-refractivity contribution is -0.116. The molecule has 0 unspecified atom stereocenters. The number of amides is 1. The van der Waals surface area contributed by atoms with Crippen molar-refractivity contribution in [1.82, 2.24) is 4.57 Å². The normalized spacial score (nSPS) is 11.0. The Morgan fingerprint density at radius 2 is 2.08 bits per heavy atom. The summed E-state index contributed by atoms with van der Waals surface area (Å²) in [6.45, 7) is 4.26. The number of carbonyl (C=O) groups is 1. The summed E-state index contributed by atoms with van der Waals surface area (Å²) in [5.41, 5.74) is 4.02. The zero-order valence-electron chi connectivity index (χ0n) is 14.1. The van der Waals surface area contributed by atoms with Crippen LogP contribution < -0.4 is 11.1 Å². The fourth-order valence-electron chi connectivity index (χ4n) is 2.87. The number of carbonyl (C=O) groups excluding carboxylic acids is 1. The van der Waals surface area contributed by atoms with Gasteiger partial charge < -0.3 is 9.73 Å². The minimum absolute atomic E-state index is 0.140. The van der Waals surface area contributed by atoms with Crippen molar-refractivity contribution in [3.8, 4) is 0 Å². The smallest absolute Gasteiger partial charge is 0.408 e. The lowest BCUT2D eigenvalue weighted by Gasteiger charge is -2.13. The SMILES string of the molecule is CCc1cccc(C)c1NC(=O)CCn1c(=O)oc2cc(Cl)ccc21. The van der Waals surface area contributed by atoms with E-state index >= 15 is 0 Å². The van der Waals surface area contributed by atoms with E-state index in [0.29, 0.717) is 16.1 Å². The number of nitrogens with zero attached hydrogens (tertiary/aromatic N) is 1. The Morgan fingerprint density at radius 1 is 1.28 bits per heavy atom. The number of halogens is 1. The van der Waals surface area contributed by atoms with Crippen molar-refractivity contribution < 1.29 is 9.21 Å². The van der Waals surface area contributed by atoms with Crippen LogP contribution in [0.4, 0.5) is 5.69 Å². The predicted molar refractivity (Wildman–Crippen MR) is 99.3 cm³/mol. The molecule has 2 aromatic carbocycles. The number of nitrogens with one attached hydrogen (secondary N) is 1. The molecule has 1 amide bonds. The molecule has 1 aromatic heterocycles. The summed E-state index contributed by atoms with van der Waals surface area (Å²) >= 11 is 5.91. The molecule has 1 heterocycles. The third kappa shape index (κ3) is 3.61. The number of hydrogen-bond acceptors (Lipinski definition) is 3. The molecule has 0 spiro atoms. The standard InChI is InChI=1S/C19H19ClN2O3/c1-3-13-6-4-5-12(2)18(13)21-17(23)9-10-22-15-8-7-14(20)11-16(15)25-19(22)24/h4-8,11H,3,9-10H2,1-2H3,(H,21,23). The first kappa shape index (κ1) is 17.3. The van der Waals surface area contributed by atoms with Crippen LogP contribution in [0.1, 0.15) is 24.5 Å². The van der Waals surface area contributed by atoms with Crippen molar-refractivity contribution in [3.63, 3.8) is 0 Å². The van der Waals surface area contributed by atoms with Crippen LogP contribution in [-0.2, 0) is 17.8 Å². The zero-order chi connectivity index (χ0) is 18.0. The van der Waals surface area contributed by atoms with E-state index in [1.54, 1.807) is 18.2 Å². The highest BCUT2D eigenvalue weighted by molar-refractivity contribution is 6.31. The molecule has 0 aliphatic heterocycles. The second-order valence-electron chi connectivity index (χ2n) is 5.89. The van der Waals surface area contributed by atoms with Gasteiger partial charge in [0, 0.05) is 29.7 Å². The van der Waals surface area contributed by atoms with E-state index in [4.69, 9.17) is 16.0 Å². The highest BCUT2D eigenvalue weighted by Crippen LogP contribution is 2.22. The predicted octanol–water partition coefficient (Wildman–Crippen LogP) is 4.15. The van der Waals surface area contributed by atoms with Gasteiger partial charge >= 0.3 is 5.76 Å². The van der Waals surface area contributed by atoms with Crippen LogP contribution in [-0.4, -0.2) is 10.5 Å². The molecular weight excluding hydrogens is 340 g/mol. The van der Waals surface area contributed by atoms with Crippen molar-refractivity contribution in [2.45, 2.75) is 33.2 Å². The molecule has 0 bridgehead atoms. The van der Waals surface area contributed by atoms with Gasteiger partial charge in [-0.3, -0.25) is 9.36 Å². The van der Waals surface area contributed by atoms with E-state index in [9.17, 15) is 9.59 Å². The third-order valence-corrected chi connectivity index (χ3v) is 4.43. The summed E-state index contributed by atoms with van der Waals surface area (Å²) in [6, 6.07) is 10.9. The molecule has 1 N–H and O–H groups in total. The lowest BCUT2D eigenvalue weighted by Crippen LogP contribution is -2.20. The largest absolute Gasteiger partial charge is 0.419 e. The van der Waals surface area contributed by atoms with Crippen LogP contribution in [0.25, 0.3) is 11.1 Å². The van der Waals surface area contributed by atoms with Gasteiger partial charge in [0.05, 0.1) is 5.52 Å². The topological polar surface area (TPSA) is 64.2 Å². The number of hydrogen-bond donors (Lipinski definition) is 1. The lowest BCUT2D eigenvalue weighted by atomic mass is 10.1. The Hall–Kier alpha value is -2.53. The second-order valence-corrected chi connectivity index (χ2v) is 6.33. The van der Waals surface area contributed by atoms with Gasteiger partial charge in [0.25, 0.3) is 0 Å². The molecule has 0 radical (unpaired) electrons. The van der Waals surface area contributed by atoms with E-state index in [-0.39, 0.29) is 18.9 Å². The molecule has 25 heavy (non-hydrogen) atoms. The Kier molecular flexibility index (Phi) is 4.95. The molecule has 5 nitrogen and oxygen atoms in total. The molecule has 0 saturated heterocycles. The van der Waals surface area contributed by atoms with Crippen molar-refractivity contribution in [2.24, 2.45) is 0 Å². The number of benzene rings is 2. The summed E-state index contributed by atoms with van der Waals surface area (Å²) in [4.78, 5) is 24.3. The number of oxazole rings is 1. The van der Waals surface area contributed by atoms with E-state index in [1.807, 2.05) is 32.0 Å². The molecule has 130 valence electrons. The van der Waals surface area contributed by atoms with Gasteiger partial charge in [-0.1, -0.05) is 36.7 Å². The number of fused-ring (bicyclic) bond motifs is 1. The van der Waals surface area contributed by atoms with Crippen molar-refractivity contribution >= 4 is 34.3 Å². The first-order valence-corrected chi connectivity index (χ1v) is 8.54. The summed E-state index contributed by atoms with van der Waals surface area (Å²) in [5.74, 6) is -0.630. The van der Waals surface area contributed by atoms with E-state index < -0.39 is 5.76 Å². The van der Waals surface area contributed by atoms with Crippen LogP contribution in [0.15, 0.2) is 45.6 Å². The molecule has 3 aromatic rings. The fraction of sp³-hybridized carbons (Fsp3) is 0.263. The molecule has 6 heteroatoms. The Bertz CT molecular complexity index is 988. The van der Waals surface area contributed by atoms with E-state index in [2.05, 4.69) is 5.32 Å². The number of anilines is 1. The Labute approximate surface area is 150 Å². The van der Waals surface area contributed by atoms with Crippen molar-refractivity contribution in [3.05, 3.63) is 63.1 Å². The van der Waals surface area contributed by atoms with Gasteiger partial charge in [0.15, 0.2) is 5.58 Å². The minimum Gasteiger partial charge on any atom is -0.408 e. The molecule has 0 aliphatic carbocycles. The number of para-hydroxylation sites is 1. The number of aryl methyl sites for hydroxylation is 3.